The predicted molar refractivity (Wildman–Crippen MR) is 216 cm³/mol. The third kappa shape index (κ3) is 27.9. The Morgan fingerprint density at radius 2 is 1.25 bits per heavy atom. The van der Waals surface area contributed by atoms with Gasteiger partial charge in [-0.15, -0.1) is 0 Å². The molecule has 1 aliphatic rings. The van der Waals surface area contributed by atoms with Gasteiger partial charge in [0.25, 0.3) is 0 Å². The van der Waals surface area contributed by atoms with Crippen LogP contribution in [0.1, 0.15) is 136 Å². The molecule has 0 aromatic heterocycles. The summed E-state index contributed by atoms with van der Waals surface area (Å²) < 4.78 is 58.7. The highest BCUT2D eigenvalue weighted by molar-refractivity contribution is 7.80. The summed E-state index contributed by atoms with van der Waals surface area (Å²) in [5.74, 6) is -0.417. The van der Waals surface area contributed by atoms with E-state index in [9.17, 15) is 28.5 Å². The number of hydrogen-bond acceptors (Lipinski definition) is 11. The van der Waals surface area contributed by atoms with E-state index in [0.717, 1.165) is 83.5 Å². The Morgan fingerprint density at radius 1 is 0.709 bits per heavy atom. The van der Waals surface area contributed by atoms with Crippen LogP contribution in [-0.2, 0) is 38.3 Å². The number of aliphatic hydroxyl groups excluding tert-OH is 3. The molecule has 13 heteroatoms. The molecule has 1 aliphatic heterocycles. The van der Waals surface area contributed by atoms with Gasteiger partial charge >= 0.3 is 16.4 Å². The zero-order valence-electron chi connectivity index (χ0n) is 33.5. The van der Waals surface area contributed by atoms with Gasteiger partial charge in [0.1, 0.15) is 30.5 Å². The van der Waals surface area contributed by atoms with E-state index in [4.69, 9.17) is 23.5 Å². The highest BCUT2D eigenvalue weighted by Crippen LogP contribution is 2.26. The van der Waals surface area contributed by atoms with Crippen LogP contribution in [-0.4, -0.2) is 97.5 Å². The number of aliphatic hydroxyl groups is 3. The molecule has 1 fully saturated rings. The van der Waals surface area contributed by atoms with Gasteiger partial charge in [-0.3, -0.25) is 9.35 Å². The van der Waals surface area contributed by atoms with Gasteiger partial charge in [-0.1, -0.05) is 132 Å². The largest absolute Gasteiger partial charge is 0.457 e. The average Bonchev–Trinajstić information content (AvgIpc) is 3.15. The molecular weight excluding hydrogens is 729 g/mol. The molecule has 0 aromatic carbocycles. The van der Waals surface area contributed by atoms with Crippen LogP contribution in [0.3, 0.4) is 0 Å². The van der Waals surface area contributed by atoms with Crippen molar-refractivity contribution in [2.24, 2.45) is 0 Å². The highest BCUT2D eigenvalue weighted by atomic mass is 32.3. The minimum absolute atomic E-state index is 0.0169. The number of allylic oxidation sites excluding steroid dienone is 10. The lowest BCUT2D eigenvalue weighted by molar-refractivity contribution is -0.301. The van der Waals surface area contributed by atoms with Crippen molar-refractivity contribution in [1.29, 1.82) is 0 Å². The molecule has 318 valence electrons. The first-order valence-electron chi connectivity index (χ1n) is 20.5. The zero-order chi connectivity index (χ0) is 40.4. The lowest BCUT2D eigenvalue weighted by Gasteiger charge is -2.41. The van der Waals surface area contributed by atoms with Crippen molar-refractivity contribution in [3.05, 3.63) is 60.8 Å². The highest BCUT2D eigenvalue weighted by Gasteiger charge is 2.48. The van der Waals surface area contributed by atoms with Gasteiger partial charge < -0.3 is 34.3 Å². The first-order valence-corrected chi connectivity index (χ1v) is 21.9. The number of esters is 1. The van der Waals surface area contributed by atoms with Crippen molar-refractivity contribution in [1.82, 2.24) is 0 Å². The number of carbonyl (C=O) groups is 1. The number of hydrogen-bond donors (Lipinski definition) is 4. The summed E-state index contributed by atoms with van der Waals surface area (Å²) in [5, 5.41) is 30.5. The second-order valence-electron chi connectivity index (χ2n) is 13.9. The summed E-state index contributed by atoms with van der Waals surface area (Å²) in [5.41, 5.74) is 0. The van der Waals surface area contributed by atoms with Crippen LogP contribution in [0.4, 0.5) is 0 Å². The maximum Gasteiger partial charge on any atom is 0.397 e. The van der Waals surface area contributed by atoms with Crippen molar-refractivity contribution < 1.29 is 56.2 Å². The Kier molecular flexibility index (Phi) is 31.3. The number of carbonyl (C=O) groups excluding carboxylic acids is 1. The smallest absolute Gasteiger partial charge is 0.397 e. The molecule has 4 N–H and O–H groups in total. The standard InChI is InChI=1S/C42H72O12S/c1-3-5-7-9-11-13-14-15-16-17-18-19-20-21-22-23-24-26-28-30-32-50-34-36(52-38(44)31-29-27-25-12-10-8-6-4-2)35-51-42-40(46)41(54-55(47,48)49)39(45)37(33-43)53-42/h5,7,11,13,15-16,18-19,21-22,36-37,39-43,45-46H,3-4,6,8-10,12,14,17,20,23-35H2,1-2H3,(H,47,48,49)/b7-5-,13-11-,16-15-,19-18-,22-21-. The number of rotatable bonds is 34. The van der Waals surface area contributed by atoms with Crippen molar-refractivity contribution in [2.75, 3.05) is 26.4 Å². The molecule has 6 atom stereocenters. The van der Waals surface area contributed by atoms with Crippen molar-refractivity contribution in [3.63, 3.8) is 0 Å². The van der Waals surface area contributed by atoms with Crippen molar-refractivity contribution in [2.45, 2.75) is 173 Å². The molecule has 12 nitrogen and oxygen atoms in total. The van der Waals surface area contributed by atoms with Gasteiger partial charge in [0.05, 0.1) is 19.8 Å². The normalized spacial score (nSPS) is 21.6. The molecule has 0 radical (unpaired) electrons. The quantitative estimate of drug-likeness (QED) is 0.0215. The summed E-state index contributed by atoms with van der Waals surface area (Å²) in [4.78, 5) is 12.7. The van der Waals surface area contributed by atoms with Crippen molar-refractivity contribution in [3.8, 4) is 0 Å². The zero-order valence-corrected chi connectivity index (χ0v) is 34.3. The SMILES string of the molecule is CC/C=C\C/C=C\C/C=C\C/C=C\C/C=C\CCCCCCOCC(COC1OC(CO)C(O)C(OS(=O)(=O)O)C1O)OC(=O)CCCCCCCCCC. The molecule has 0 aromatic rings. The van der Waals surface area contributed by atoms with E-state index in [-0.39, 0.29) is 19.6 Å². The lowest BCUT2D eigenvalue weighted by atomic mass is 9.99. The van der Waals surface area contributed by atoms with Crippen LogP contribution < -0.4 is 0 Å². The van der Waals surface area contributed by atoms with E-state index in [1.807, 2.05) is 0 Å². The lowest BCUT2D eigenvalue weighted by Crippen LogP contribution is -2.60. The average molecular weight is 801 g/mol. The van der Waals surface area contributed by atoms with Gasteiger partial charge in [0.2, 0.25) is 0 Å². The molecule has 55 heavy (non-hydrogen) atoms. The van der Waals surface area contributed by atoms with Gasteiger partial charge in [0, 0.05) is 13.0 Å². The number of unbranched alkanes of at least 4 members (excludes halogenated alkanes) is 11. The van der Waals surface area contributed by atoms with E-state index in [0.29, 0.717) is 13.0 Å². The summed E-state index contributed by atoms with van der Waals surface area (Å²) in [7, 11) is -5.06. The fourth-order valence-electron chi connectivity index (χ4n) is 5.81. The van der Waals surface area contributed by atoms with Gasteiger partial charge in [0.15, 0.2) is 6.29 Å². The molecule has 1 saturated heterocycles. The minimum atomic E-state index is -5.06. The summed E-state index contributed by atoms with van der Waals surface area (Å²) in [6.45, 7) is 3.75. The molecule has 1 heterocycles. The van der Waals surface area contributed by atoms with E-state index in [1.54, 1.807) is 0 Å². The molecule has 0 amide bonds. The Balaban J connectivity index is 2.44. The molecule has 1 rings (SSSR count). The molecule has 0 spiro atoms. The molecule has 0 saturated carbocycles. The van der Waals surface area contributed by atoms with Gasteiger partial charge in [-0.25, -0.2) is 4.18 Å². The van der Waals surface area contributed by atoms with E-state index in [1.165, 1.54) is 25.7 Å². The van der Waals surface area contributed by atoms with Crippen LogP contribution >= 0.6 is 0 Å². The van der Waals surface area contributed by atoms with Crippen LogP contribution in [0.2, 0.25) is 0 Å². The van der Waals surface area contributed by atoms with Crippen molar-refractivity contribution >= 4 is 16.4 Å². The van der Waals surface area contributed by atoms with E-state index >= 15 is 0 Å². The minimum Gasteiger partial charge on any atom is -0.457 e. The van der Waals surface area contributed by atoms with Crippen LogP contribution in [0.15, 0.2) is 60.8 Å². The van der Waals surface area contributed by atoms with Gasteiger partial charge in [-0.2, -0.15) is 8.42 Å². The molecular formula is C42H72O12S. The number of ether oxygens (including phenoxy) is 4. The fraction of sp³-hybridized carbons (Fsp3) is 0.738. The second-order valence-corrected chi connectivity index (χ2v) is 14.9. The summed E-state index contributed by atoms with van der Waals surface area (Å²) in [6.07, 6.45) is 31.4. The third-order valence-electron chi connectivity index (χ3n) is 8.90. The Hall–Kier alpha value is -2.20. The Labute approximate surface area is 331 Å². The summed E-state index contributed by atoms with van der Waals surface area (Å²) >= 11 is 0. The second kappa shape index (κ2) is 33.9. The molecule has 0 bridgehead atoms. The predicted octanol–water partition coefficient (Wildman–Crippen LogP) is 7.79. The fourth-order valence-corrected chi connectivity index (χ4v) is 6.32. The Morgan fingerprint density at radius 3 is 1.84 bits per heavy atom. The monoisotopic (exact) mass is 800 g/mol. The maximum absolute atomic E-state index is 12.7. The Bertz CT molecular complexity index is 1200. The van der Waals surface area contributed by atoms with Gasteiger partial charge in [-0.05, 0) is 57.8 Å². The molecule has 6 unspecified atom stereocenters. The summed E-state index contributed by atoms with van der Waals surface area (Å²) in [6, 6.07) is 0. The van der Waals surface area contributed by atoms with E-state index < -0.39 is 59.8 Å². The molecule has 0 aliphatic carbocycles. The van der Waals surface area contributed by atoms with Crippen LogP contribution in [0.5, 0.6) is 0 Å². The van der Waals surface area contributed by atoms with Crippen LogP contribution in [0.25, 0.3) is 0 Å². The first-order chi connectivity index (χ1) is 26.6. The topological polar surface area (TPSA) is 178 Å². The first kappa shape index (κ1) is 50.8. The maximum atomic E-state index is 12.7. The van der Waals surface area contributed by atoms with E-state index in [2.05, 4.69) is 78.8 Å². The third-order valence-corrected chi connectivity index (χ3v) is 9.37. The van der Waals surface area contributed by atoms with Crippen LogP contribution in [0, 0.1) is 0 Å².